The lowest BCUT2D eigenvalue weighted by atomic mass is 10.1. The zero-order chi connectivity index (χ0) is 66.9. The van der Waals surface area contributed by atoms with Crippen LogP contribution in [0.2, 0.25) is 0 Å². The second-order valence-corrected chi connectivity index (χ2v) is 23.3. The third kappa shape index (κ3) is 24.8. The standard InChI is InChI=1S/C72H86N4O18/c73-59-41-51-37-52(42-59)66(80)88-30-18-10-2-6-14-22-34-92-70(84)56-39-55(69(83)91-33-21-13-5-1-9-17-29-87-65(51)79)45-61(46-56)75-63(77)49-25-27-50(28-26-49)64(78)76-62-47-57-40-58(48-62)72(86)94-36-24-16-8-4-12-20-32-90-68(82)54-38-53(43-60(74)44-54)67(81)89-31-19-11-3-7-15-23-35-93-71(57)85/h25-28,37-48H,1-24,29-36,73-74H2,(H,75,77)(H,76,78). The minimum absolute atomic E-state index is 0.0102. The first-order chi connectivity index (χ1) is 45.6. The van der Waals surface area contributed by atoms with Crippen molar-refractivity contribution in [2.24, 2.45) is 0 Å². The van der Waals surface area contributed by atoms with E-state index in [-0.39, 0.29) is 131 Å². The number of nitrogen functional groups attached to an aromatic ring is 2. The largest absolute Gasteiger partial charge is 0.462 e. The van der Waals surface area contributed by atoms with Gasteiger partial charge >= 0.3 is 47.8 Å². The molecular formula is C72H86N4O18. The fourth-order valence-electron chi connectivity index (χ4n) is 10.5. The summed E-state index contributed by atoms with van der Waals surface area (Å²) in [5, 5.41) is 5.50. The maximum atomic E-state index is 13.8. The van der Waals surface area contributed by atoms with E-state index in [0.29, 0.717) is 51.4 Å². The molecule has 22 nitrogen and oxygen atoms in total. The van der Waals surface area contributed by atoms with Gasteiger partial charge in [0.25, 0.3) is 11.8 Å². The van der Waals surface area contributed by atoms with Crippen molar-refractivity contribution in [3.05, 3.63) is 153 Å². The highest BCUT2D eigenvalue weighted by Gasteiger charge is 2.22. The van der Waals surface area contributed by atoms with Crippen LogP contribution in [0.1, 0.15) is 258 Å². The van der Waals surface area contributed by atoms with Crippen molar-refractivity contribution >= 4 is 82.3 Å². The van der Waals surface area contributed by atoms with Crippen LogP contribution in [0.5, 0.6) is 0 Å². The number of benzene rings is 5. The van der Waals surface area contributed by atoms with E-state index >= 15 is 0 Å². The second-order valence-electron chi connectivity index (χ2n) is 23.3. The van der Waals surface area contributed by atoms with Crippen molar-refractivity contribution in [3.63, 3.8) is 0 Å². The summed E-state index contributed by atoms with van der Waals surface area (Å²) in [4.78, 5) is 133. The number of nitrogens with two attached hydrogens (primary N) is 2. The Morgan fingerprint density at radius 2 is 0.404 bits per heavy atom. The number of rotatable bonds is 4. The Morgan fingerprint density at radius 1 is 0.245 bits per heavy atom. The number of nitrogens with one attached hydrogen (secondary N) is 2. The second kappa shape index (κ2) is 39.1. The van der Waals surface area contributed by atoms with Gasteiger partial charge in [0.05, 0.1) is 97.4 Å². The number of hydrogen-bond acceptors (Lipinski definition) is 20. The highest BCUT2D eigenvalue weighted by Crippen LogP contribution is 2.24. The van der Waals surface area contributed by atoms with Crippen molar-refractivity contribution in [3.8, 4) is 0 Å². The Kier molecular flexibility index (Phi) is 29.9. The number of hydrogen-bond donors (Lipinski definition) is 4. The molecule has 0 unspecified atom stereocenters. The van der Waals surface area contributed by atoms with E-state index in [2.05, 4.69) is 10.6 Å². The molecule has 2 aliphatic rings. The molecule has 0 spiro atoms. The number of ether oxygens (including phenoxy) is 8. The van der Waals surface area contributed by atoms with Crippen molar-refractivity contribution in [1.29, 1.82) is 0 Å². The minimum atomic E-state index is -0.709. The Morgan fingerprint density at radius 3 is 0.585 bits per heavy atom. The van der Waals surface area contributed by atoms with Crippen LogP contribution >= 0.6 is 0 Å². The van der Waals surface area contributed by atoms with Gasteiger partial charge in [-0.3, -0.25) is 9.59 Å². The summed E-state index contributed by atoms with van der Waals surface area (Å²) in [6.45, 7) is 1.13. The average molecular weight is 1300 g/mol. The van der Waals surface area contributed by atoms with Gasteiger partial charge in [0.15, 0.2) is 0 Å². The molecule has 0 atom stereocenters. The van der Waals surface area contributed by atoms with Gasteiger partial charge in [0.1, 0.15) is 0 Å². The molecular weight excluding hydrogens is 1210 g/mol. The summed E-state index contributed by atoms with van der Waals surface area (Å²) in [5.74, 6) is -6.42. The number of amides is 2. The fourth-order valence-corrected chi connectivity index (χ4v) is 10.5. The summed E-state index contributed by atoms with van der Waals surface area (Å²) in [6, 6.07) is 22.6. The Bertz CT molecular complexity index is 3030. The summed E-state index contributed by atoms with van der Waals surface area (Å²) in [5.41, 5.74) is 13.7. The van der Waals surface area contributed by atoms with E-state index in [0.717, 1.165) is 103 Å². The summed E-state index contributed by atoms with van der Waals surface area (Å²) in [7, 11) is 0. The molecule has 0 saturated heterocycles. The SMILES string of the molecule is Nc1cc2cc(c1)C(=O)OCCCCCCCCOC(=O)c1cc(NC(=O)c3ccc(C(=O)Nc4cc5cc(c4)C(=O)OCCCCCCCCOC(=O)c4cc(N)cc(c4)C(=O)OCCCCCCCCOC5=O)cc3)cc(c1)C(=O)OCCCCCCCCOC2=O. The molecule has 6 N–H and O–H groups in total. The first kappa shape index (κ1) is 71.8. The molecule has 502 valence electrons. The van der Waals surface area contributed by atoms with Gasteiger partial charge in [-0.05, 0) is 148 Å². The maximum Gasteiger partial charge on any atom is 0.338 e. The zero-order valence-corrected chi connectivity index (χ0v) is 53.4. The molecule has 94 heavy (non-hydrogen) atoms. The Labute approximate surface area is 547 Å². The van der Waals surface area contributed by atoms with Crippen LogP contribution in [0.3, 0.4) is 0 Å². The molecule has 2 amide bonds. The predicted octanol–water partition coefficient (Wildman–Crippen LogP) is 13.4. The van der Waals surface area contributed by atoms with Gasteiger partial charge in [-0.25, -0.2) is 38.4 Å². The quantitative estimate of drug-likeness (QED) is 0.0738. The maximum absolute atomic E-state index is 13.8. The minimum Gasteiger partial charge on any atom is -0.462 e. The summed E-state index contributed by atoms with van der Waals surface area (Å²) >= 11 is 0. The van der Waals surface area contributed by atoms with Crippen LogP contribution in [0, 0.1) is 0 Å². The van der Waals surface area contributed by atoms with Crippen LogP contribution in [0.4, 0.5) is 22.7 Å². The average Bonchev–Trinajstić information content (AvgIpc) is 0.902. The lowest BCUT2D eigenvalue weighted by Crippen LogP contribution is -2.17. The fraction of sp³-hybridized carbons (Fsp3) is 0.444. The molecule has 7 rings (SSSR count). The lowest BCUT2D eigenvalue weighted by molar-refractivity contribution is 0.0474. The monoisotopic (exact) mass is 1290 g/mol. The van der Waals surface area contributed by atoms with Crippen molar-refractivity contribution in [2.45, 2.75) is 154 Å². The molecule has 0 fully saturated rings. The third-order valence-electron chi connectivity index (χ3n) is 15.6. The van der Waals surface area contributed by atoms with Crippen LogP contribution < -0.4 is 22.1 Å². The normalized spacial score (nSPS) is 17.4. The summed E-state index contributed by atoms with van der Waals surface area (Å²) < 4.78 is 44.2. The number of esters is 8. The predicted molar refractivity (Wildman–Crippen MR) is 350 cm³/mol. The molecule has 22 heteroatoms. The molecule has 8 bridgehead atoms. The van der Waals surface area contributed by atoms with E-state index in [9.17, 15) is 47.9 Å². The summed E-state index contributed by atoms with van der Waals surface area (Å²) in [6.07, 6.45) is 17.5. The van der Waals surface area contributed by atoms with E-state index in [1.54, 1.807) is 0 Å². The van der Waals surface area contributed by atoms with Gasteiger partial charge in [-0.2, -0.15) is 0 Å². The molecule has 0 aromatic heterocycles. The topological polar surface area (TPSA) is 321 Å². The molecule has 0 saturated carbocycles. The van der Waals surface area contributed by atoms with E-state index < -0.39 is 59.6 Å². The molecule has 5 aromatic carbocycles. The van der Waals surface area contributed by atoms with Gasteiger partial charge in [0, 0.05) is 33.9 Å². The molecule has 2 heterocycles. The zero-order valence-electron chi connectivity index (χ0n) is 53.4. The number of carbonyl (C=O) groups is 10. The molecule has 0 radical (unpaired) electrons. The highest BCUT2D eigenvalue weighted by atomic mass is 16.6. The van der Waals surface area contributed by atoms with Crippen LogP contribution in [0.25, 0.3) is 0 Å². The number of fused-ring (bicyclic) bond motifs is 8. The van der Waals surface area contributed by atoms with Crippen LogP contribution in [-0.2, 0) is 37.9 Å². The smallest absolute Gasteiger partial charge is 0.338 e. The van der Waals surface area contributed by atoms with Crippen LogP contribution in [0.15, 0.2) is 97.1 Å². The number of carbonyl (C=O) groups excluding carboxylic acids is 10. The number of cyclic esters (lactones) is 8. The molecule has 5 aromatic rings. The van der Waals surface area contributed by atoms with Gasteiger partial charge < -0.3 is 60.0 Å². The Balaban J connectivity index is 0.942. The van der Waals surface area contributed by atoms with Crippen molar-refractivity contribution < 1.29 is 85.8 Å². The molecule has 0 aliphatic carbocycles. The van der Waals surface area contributed by atoms with E-state index in [1.807, 2.05) is 0 Å². The Hall–Kier alpha value is -9.60. The molecule has 2 aliphatic heterocycles. The third-order valence-corrected chi connectivity index (χ3v) is 15.6. The van der Waals surface area contributed by atoms with E-state index in [4.69, 9.17) is 49.4 Å². The van der Waals surface area contributed by atoms with E-state index in [1.165, 1.54) is 97.1 Å². The van der Waals surface area contributed by atoms with Crippen molar-refractivity contribution in [2.75, 3.05) is 75.0 Å². The van der Waals surface area contributed by atoms with Gasteiger partial charge in [-0.15, -0.1) is 0 Å². The van der Waals surface area contributed by atoms with Gasteiger partial charge in [-0.1, -0.05) is 103 Å². The first-order valence-electron chi connectivity index (χ1n) is 32.8. The highest BCUT2D eigenvalue weighted by molar-refractivity contribution is 6.09. The van der Waals surface area contributed by atoms with Crippen molar-refractivity contribution in [1.82, 2.24) is 0 Å². The first-order valence-corrected chi connectivity index (χ1v) is 32.8. The number of anilines is 4. The van der Waals surface area contributed by atoms with Gasteiger partial charge in [0.2, 0.25) is 0 Å². The van der Waals surface area contributed by atoms with Crippen LogP contribution in [-0.4, -0.2) is 112 Å². The lowest BCUT2D eigenvalue weighted by Gasteiger charge is -2.13.